The predicted molar refractivity (Wildman–Crippen MR) is 93.5 cm³/mol. The molecule has 5 heteroatoms. The highest BCUT2D eigenvalue weighted by atomic mass is 16.2. The van der Waals surface area contributed by atoms with Gasteiger partial charge in [0, 0.05) is 38.6 Å². The van der Waals surface area contributed by atoms with Gasteiger partial charge in [0.05, 0.1) is 17.9 Å². The Morgan fingerprint density at radius 3 is 2.67 bits per heavy atom. The van der Waals surface area contributed by atoms with Gasteiger partial charge in [-0.2, -0.15) is 5.10 Å². The first-order valence-corrected chi connectivity index (χ1v) is 9.65. The van der Waals surface area contributed by atoms with Gasteiger partial charge in [0.1, 0.15) is 0 Å². The molecule has 0 unspecified atom stereocenters. The number of rotatable bonds is 4. The van der Waals surface area contributed by atoms with Gasteiger partial charge < -0.3 is 4.90 Å². The van der Waals surface area contributed by atoms with Gasteiger partial charge in [0.25, 0.3) is 0 Å². The molecule has 0 aromatic carbocycles. The molecule has 2 saturated heterocycles. The van der Waals surface area contributed by atoms with Crippen molar-refractivity contribution >= 4 is 5.91 Å². The van der Waals surface area contributed by atoms with E-state index in [0.717, 1.165) is 23.7 Å². The van der Waals surface area contributed by atoms with E-state index >= 15 is 0 Å². The minimum absolute atomic E-state index is 0.331. The number of amides is 1. The lowest BCUT2D eigenvalue weighted by molar-refractivity contribution is -0.129. The summed E-state index contributed by atoms with van der Waals surface area (Å²) in [4.78, 5) is 17.4. The first-order chi connectivity index (χ1) is 11.6. The van der Waals surface area contributed by atoms with Crippen LogP contribution in [-0.2, 0) is 18.4 Å². The van der Waals surface area contributed by atoms with Crippen LogP contribution in [0.3, 0.4) is 0 Å². The van der Waals surface area contributed by atoms with Gasteiger partial charge in [-0.05, 0) is 38.2 Å². The van der Waals surface area contributed by atoms with Crippen molar-refractivity contribution in [2.45, 2.75) is 70.5 Å². The summed E-state index contributed by atoms with van der Waals surface area (Å²) in [5.41, 5.74) is 2.17. The molecule has 3 aliphatic rings. The Balaban J connectivity index is 1.42. The third kappa shape index (κ3) is 2.99. The van der Waals surface area contributed by atoms with E-state index in [4.69, 9.17) is 0 Å². The Bertz CT molecular complexity index is 605. The van der Waals surface area contributed by atoms with Crippen LogP contribution in [0.1, 0.15) is 56.3 Å². The van der Waals surface area contributed by atoms with Crippen molar-refractivity contribution in [1.29, 1.82) is 0 Å². The second kappa shape index (κ2) is 6.51. The number of likely N-dealkylation sites (tertiary alicyclic amines) is 2. The smallest absolute Gasteiger partial charge is 0.224 e. The average molecular weight is 330 g/mol. The summed E-state index contributed by atoms with van der Waals surface area (Å²) >= 11 is 0. The molecule has 1 saturated carbocycles. The maximum absolute atomic E-state index is 12.6. The molecule has 3 fully saturated rings. The molecule has 24 heavy (non-hydrogen) atoms. The highest BCUT2D eigenvalue weighted by Crippen LogP contribution is 2.35. The molecule has 3 heterocycles. The summed E-state index contributed by atoms with van der Waals surface area (Å²) in [5.74, 6) is 1.19. The third-order valence-electron chi connectivity index (χ3n) is 6.38. The van der Waals surface area contributed by atoms with Crippen molar-refractivity contribution in [2.75, 3.05) is 13.1 Å². The minimum Gasteiger partial charge on any atom is -0.332 e. The van der Waals surface area contributed by atoms with Crippen molar-refractivity contribution in [3.05, 3.63) is 17.5 Å². The summed E-state index contributed by atoms with van der Waals surface area (Å²) in [6.07, 6.45) is 8.85. The van der Waals surface area contributed by atoms with Crippen LogP contribution in [0.4, 0.5) is 0 Å². The quantitative estimate of drug-likeness (QED) is 0.852. The fourth-order valence-corrected chi connectivity index (χ4v) is 5.13. The molecule has 132 valence electrons. The largest absolute Gasteiger partial charge is 0.332 e. The first kappa shape index (κ1) is 16.1. The van der Waals surface area contributed by atoms with E-state index in [1.807, 2.05) is 18.7 Å². The monoisotopic (exact) mass is 330 g/mol. The fourth-order valence-electron chi connectivity index (χ4n) is 5.13. The molecule has 0 bridgehead atoms. The van der Waals surface area contributed by atoms with Crippen molar-refractivity contribution in [2.24, 2.45) is 13.0 Å². The number of nitrogens with zero attached hydrogens (tertiary/aromatic N) is 4. The Labute approximate surface area is 145 Å². The zero-order chi connectivity index (χ0) is 16.7. The summed E-state index contributed by atoms with van der Waals surface area (Å²) in [7, 11) is 1.98. The molecule has 0 N–H and O–H groups in total. The van der Waals surface area contributed by atoms with Gasteiger partial charge >= 0.3 is 0 Å². The summed E-state index contributed by atoms with van der Waals surface area (Å²) in [5, 5.41) is 4.42. The van der Waals surface area contributed by atoms with Crippen molar-refractivity contribution in [3.63, 3.8) is 0 Å². The van der Waals surface area contributed by atoms with Crippen LogP contribution in [0, 0.1) is 12.8 Å². The lowest BCUT2D eigenvalue weighted by atomic mass is 9.89. The molecular formula is C19H30N4O. The summed E-state index contributed by atoms with van der Waals surface area (Å²) < 4.78 is 1.92. The predicted octanol–water partition coefficient (Wildman–Crippen LogP) is 2.48. The molecule has 4 rings (SSSR count). The maximum atomic E-state index is 12.6. The summed E-state index contributed by atoms with van der Waals surface area (Å²) in [6.45, 7) is 5.11. The van der Waals surface area contributed by atoms with Crippen LogP contribution in [0.15, 0.2) is 6.07 Å². The number of carbonyl (C=O) groups is 1. The zero-order valence-corrected chi connectivity index (χ0v) is 15.1. The fraction of sp³-hybridized carbons (Fsp3) is 0.789. The van der Waals surface area contributed by atoms with Gasteiger partial charge in [-0.1, -0.05) is 19.3 Å². The van der Waals surface area contributed by atoms with Gasteiger partial charge in [-0.15, -0.1) is 0 Å². The van der Waals surface area contributed by atoms with Gasteiger partial charge in [-0.25, -0.2) is 0 Å². The lowest BCUT2D eigenvalue weighted by Crippen LogP contribution is -2.39. The van der Waals surface area contributed by atoms with E-state index in [9.17, 15) is 4.79 Å². The van der Waals surface area contributed by atoms with E-state index in [0.29, 0.717) is 31.0 Å². The summed E-state index contributed by atoms with van der Waals surface area (Å²) in [6, 6.07) is 2.97. The highest BCUT2D eigenvalue weighted by molar-refractivity contribution is 5.80. The van der Waals surface area contributed by atoms with Gasteiger partial charge in [-0.3, -0.25) is 14.4 Å². The number of hydrogen-bond acceptors (Lipinski definition) is 3. The molecule has 5 nitrogen and oxygen atoms in total. The number of aryl methyl sites for hydroxylation is 2. The Kier molecular flexibility index (Phi) is 4.37. The van der Waals surface area contributed by atoms with E-state index in [-0.39, 0.29) is 0 Å². The van der Waals surface area contributed by atoms with Crippen LogP contribution >= 0.6 is 0 Å². The van der Waals surface area contributed by atoms with E-state index < -0.39 is 0 Å². The first-order valence-electron chi connectivity index (χ1n) is 9.65. The SMILES string of the molecule is Cc1cc(CN2C(=O)C[C@H]3[C@@H]2CCN3CC2CCCCC2)n(C)n1. The molecule has 1 aromatic rings. The zero-order valence-electron chi connectivity index (χ0n) is 15.1. The van der Waals surface area contributed by atoms with Crippen LogP contribution in [0.5, 0.6) is 0 Å². The maximum Gasteiger partial charge on any atom is 0.224 e. The second-order valence-electron chi connectivity index (χ2n) is 8.05. The molecular weight excluding hydrogens is 300 g/mol. The molecule has 1 aromatic heterocycles. The Morgan fingerprint density at radius 1 is 1.17 bits per heavy atom. The number of fused-ring (bicyclic) bond motifs is 1. The van der Waals surface area contributed by atoms with E-state index in [2.05, 4.69) is 21.0 Å². The molecule has 1 aliphatic carbocycles. The highest BCUT2D eigenvalue weighted by Gasteiger charge is 2.46. The van der Waals surface area contributed by atoms with Crippen LogP contribution in [0.25, 0.3) is 0 Å². The third-order valence-corrected chi connectivity index (χ3v) is 6.38. The van der Waals surface area contributed by atoms with Gasteiger partial charge in [0.2, 0.25) is 5.91 Å². The van der Waals surface area contributed by atoms with Gasteiger partial charge in [0.15, 0.2) is 0 Å². The van der Waals surface area contributed by atoms with Crippen molar-refractivity contribution in [1.82, 2.24) is 19.6 Å². The molecule has 2 aliphatic heterocycles. The standard InChI is InChI=1S/C19H30N4O/c1-14-10-16(21(2)20-14)13-23-17-8-9-22(18(17)11-19(23)24)12-15-6-4-3-5-7-15/h10,15,17-18H,3-9,11-13H2,1-2H3/t17-,18-/m0/s1. The topological polar surface area (TPSA) is 41.4 Å². The number of aromatic nitrogens is 2. The minimum atomic E-state index is 0.331. The number of carbonyl (C=O) groups excluding carboxylic acids is 1. The lowest BCUT2D eigenvalue weighted by Gasteiger charge is -2.30. The van der Waals surface area contributed by atoms with Crippen LogP contribution in [-0.4, -0.2) is 50.7 Å². The van der Waals surface area contributed by atoms with Crippen molar-refractivity contribution < 1.29 is 4.79 Å². The molecule has 0 spiro atoms. The normalized spacial score (nSPS) is 28.8. The number of hydrogen-bond donors (Lipinski definition) is 0. The average Bonchev–Trinajstić information content (AvgIpc) is 3.18. The Morgan fingerprint density at radius 2 is 1.96 bits per heavy atom. The second-order valence-corrected chi connectivity index (χ2v) is 8.05. The van der Waals surface area contributed by atoms with E-state index in [1.54, 1.807) is 0 Å². The van der Waals surface area contributed by atoms with E-state index in [1.165, 1.54) is 45.2 Å². The molecule has 1 amide bonds. The molecule has 2 atom stereocenters. The van der Waals surface area contributed by atoms with Crippen LogP contribution in [0.2, 0.25) is 0 Å². The van der Waals surface area contributed by atoms with Crippen molar-refractivity contribution in [3.8, 4) is 0 Å². The Hall–Kier alpha value is -1.36. The molecule has 0 radical (unpaired) electrons. The van der Waals surface area contributed by atoms with Crippen LogP contribution < -0.4 is 0 Å².